The molecule has 23 heavy (non-hydrogen) atoms. The molecule has 1 aromatic rings. The second kappa shape index (κ2) is 5.84. The van der Waals surface area contributed by atoms with E-state index >= 15 is 0 Å². The quantitative estimate of drug-likeness (QED) is 0.863. The predicted molar refractivity (Wildman–Crippen MR) is 86.0 cm³/mol. The highest BCUT2D eigenvalue weighted by Crippen LogP contribution is 2.31. The molecule has 7 nitrogen and oxygen atoms in total. The van der Waals surface area contributed by atoms with E-state index in [2.05, 4.69) is 4.72 Å². The highest BCUT2D eigenvalue weighted by Gasteiger charge is 2.46. The first-order valence-electron chi connectivity index (χ1n) is 7.18. The number of carboxylic acid groups (broad SMARTS) is 1. The first-order chi connectivity index (χ1) is 10.5. The summed E-state index contributed by atoms with van der Waals surface area (Å²) in [5.41, 5.74) is 0.0203. The number of carboxylic acids is 1. The zero-order valence-corrected chi connectivity index (χ0v) is 14.1. The average molecular weight is 340 g/mol. The van der Waals surface area contributed by atoms with E-state index in [-0.39, 0.29) is 5.56 Å². The van der Waals surface area contributed by atoms with Gasteiger partial charge in [-0.3, -0.25) is 9.52 Å². The van der Waals surface area contributed by atoms with Crippen molar-refractivity contribution in [3.8, 4) is 0 Å². The summed E-state index contributed by atoms with van der Waals surface area (Å²) in [4.78, 5) is 25.5. The fourth-order valence-corrected chi connectivity index (χ4v) is 3.35. The summed E-state index contributed by atoms with van der Waals surface area (Å²) in [6.07, 6.45) is 2.05. The third-order valence-electron chi connectivity index (χ3n) is 4.13. The van der Waals surface area contributed by atoms with E-state index in [1.165, 1.54) is 17.9 Å². The van der Waals surface area contributed by atoms with Crippen LogP contribution in [0.2, 0.25) is 0 Å². The van der Waals surface area contributed by atoms with Crippen molar-refractivity contribution in [2.75, 3.05) is 17.5 Å². The van der Waals surface area contributed by atoms with Gasteiger partial charge in [-0.1, -0.05) is 6.07 Å². The molecule has 0 bridgehead atoms. The SMILES string of the molecule is Cc1ccc(C(=O)N2CCCC2(C)C(=O)O)cc1NS(C)(=O)=O. The topological polar surface area (TPSA) is 104 Å². The number of hydrogen-bond donors (Lipinski definition) is 2. The van der Waals surface area contributed by atoms with Crippen LogP contribution in [0.4, 0.5) is 5.69 Å². The fourth-order valence-electron chi connectivity index (χ4n) is 2.73. The normalized spacial score (nSPS) is 21.3. The first-order valence-corrected chi connectivity index (χ1v) is 9.07. The Labute approximate surface area is 135 Å². The minimum atomic E-state index is -3.47. The van der Waals surface area contributed by atoms with Crippen molar-refractivity contribution in [3.05, 3.63) is 29.3 Å². The van der Waals surface area contributed by atoms with Gasteiger partial charge in [-0.2, -0.15) is 0 Å². The summed E-state index contributed by atoms with van der Waals surface area (Å²) < 4.78 is 25.2. The lowest BCUT2D eigenvalue weighted by molar-refractivity contribution is -0.147. The molecule has 1 aromatic carbocycles. The monoisotopic (exact) mass is 340 g/mol. The molecular formula is C15H20N2O5S. The second-order valence-electron chi connectivity index (χ2n) is 6.04. The number of sulfonamides is 1. The molecule has 8 heteroatoms. The molecule has 1 atom stereocenters. The number of carbonyl (C=O) groups is 2. The lowest BCUT2D eigenvalue weighted by Gasteiger charge is -2.31. The van der Waals surface area contributed by atoms with Crippen molar-refractivity contribution in [3.63, 3.8) is 0 Å². The molecule has 126 valence electrons. The molecule has 0 saturated carbocycles. The Morgan fingerprint density at radius 1 is 1.35 bits per heavy atom. The smallest absolute Gasteiger partial charge is 0.329 e. The minimum Gasteiger partial charge on any atom is -0.480 e. The highest BCUT2D eigenvalue weighted by molar-refractivity contribution is 7.92. The van der Waals surface area contributed by atoms with E-state index in [1.54, 1.807) is 19.1 Å². The van der Waals surface area contributed by atoms with Gasteiger partial charge in [-0.15, -0.1) is 0 Å². The van der Waals surface area contributed by atoms with E-state index < -0.39 is 27.4 Å². The van der Waals surface area contributed by atoms with Crippen LogP contribution in [0.5, 0.6) is 0 Å². The van der Waals surface area contributed by atoms with Crippen LogP contribution < -0.4 is 4.72 Å². The van der Waals surface area contributed by atoms with Gasteiger partial charge in [-0.25, -0.2) is 13.2 Å². The largest absolute Gasteiger partial charge is 0.480 e. The molecule has 0 aromatic heterocycles. The van der Waals surface area contributed by atoms with Crippen LogP contribution in [-0.2, 0) is 14.8 Å². The molecule has 0 radical (unpaired) electrons. The van der Waals surface area contributed by atoms with Crippen molar-refractivity contribution in [1.29, 1.82) is 0 Å². The number of anilines is 1. The lowest BCUT2D eigenvalue weighted by Crippen LogP contribution is -2.50. The van der Waals surface area contributed by atoms with E-state index in [4.69, 9.17) is 0 Å². The van der Waals surface area contributed by atoms with Gasteiger partial charge in [0.25, 0.3) is 5.91 Å². The molecule has 2 N–H and O–H groups in total. The predicted octanol–water partition coefficient (Wildman–Crippen LogP) is 1.45. The third kappa shape index (κ3) is 3.47. The number of nitrogens with zero attached hydrogens (tertiary/aromatic N) is 1. The van der Waals surface area contributed by atoms with Gasteiger partial charge in [0.1, 0.15) is 5.54 Å². The van der Waals surface area contributed by atoms with Crippen LogP contribution in [0.3, 0.4) is 0 Å². The maximum Gasteiger partial charge on any atom is 0.329 e. The summed E-state index contributed by atoms with van der Waals surface area (Å²) >= 11 is 0. The number of nitrogens with one attached hydrogen (secondary N) is 1. The van der Waals surface area contributed by atoms with Gasteiger partial charge >= 0.3 is 5.97 Å². The lowest BCUT2D eigenvalue weighted by atomic mass is 9.98. The Kier molecular flexibility index (Phi) is 4.39. The van der Waals surface area contributed by atoms with Gasteiger partial charge in [-0.05, 0) is 44.4 Å². The molecule has 1 saturated heterocycles. The molecule has 0 spiro atoms. The number of likely N-dealkylation sites (tertiary alicyclic amines) is 1. The molecule has 1 amide bonds. The molecule has 2 rings (SSSR count). The highest BCUT2D eigenvalue weighted by atomic mass is 32.2. The fraction of sp³-hybridized carbons (Fsp3) is 0.467. The standard InChI is InChI=1S/C15H20N2O5S/c1-10-5-6-11(9-12(10)16-23(3,21)22)13(18)17-8-4-7-15(17,2)14(19)20/h5-6,9,16H,4,7-8H2,1-3H3,(H,19,20). The van der Waals surface area contributed by atoms with Crippen molar-refractivity contribution in [2.45, 2.75) is 32.2 Å². The van der Waals surface area contributed by atoms with Gasteiger partial charge in [0.05, 0.1) is 11.9 Å². The molecule has 1 heterocycles. The second-order valence-corrected chi connectivity index (χ2v) is 7.79. The van der Waals surface area contributed by atoms with Crippen molar-refractivity contribution in [1.82, 2.24) is 4.90 Å². The number of hydrogen-bond acceptors (Lipinski definition) is 4. The maximum atomic E-state index is 12.7. The summed E-state index contributed by atoms with van der Waals surface area (Å²) in [7, 11) is -3.47. The number of benzene rings is 1. The summed E-state index contributed by atoms with van der Waals surface area (Å²) in [6, 6.07) is 4.65. The zero-order valence-electron chi connectivity index (χ0n) is 13.3. The van der Waals surface area contributed by atoms with Gasteiger partial charge in [0.15, 0.2) is 0 Å². The minimum absolute atomic E-state index is 0.260. The number of aryl methyl sites for hydroxylation is 1. The van der Waals surface area contributed by atoms with E-state index in [0.29, 0.717) is 30.6 Å². The molecule has 1 fully saturated rings. The zero-order chi connectivity index (χ0) is 17.4. The Bertz CT molecular complexity index is 759. The van der Waals surface area contributed by atoms with E-state index in [1.807, 2.05) is 0 Å². The molecule has 0 aliphatic carbocycles. The van der Waals surface area contributed by atoms with Gasteiger partial charge in [0.2, 0.25) is 10.0 Å². The van der Waals surface area contributed by atoms with E-state index in [0.717, 1.165) is 6.26 Å². The Morgan fingerprint density at radius 2 is 2.00 bits per heavy atom. The average Bonchev–Trinajstić information content (AvgIpc) is 2.82. The van der Waals surface area contributed by atoms with Crippen LogP contribution in [0.15, 0.2) is 18.2 Å². The molecular weight excluding hydrogens is 320 g/mol. The number of aliphatic carboxylic acids is 1. The van der Waals surface area contributed by atoms with Gasteiger partial charge in [0, 0.05) is 12.1 Å². The molecule has 1 aliphatic rings. The van der Waals surface area contributed by atoms with Crippen LogP contribution in [0.1, 0.15) is 35.7 Å². The Hall–Kier alpha value is -2.09. The summed E-state index contributed by atoms with van der Waals surface area (Å²) in [5, 5.41) is 9.40. The Balaban J connectivity index is 2.37. The number of carbonyl (C=O) groups excluding carboxylic acids is 1. The number of amides is 1. The van der Waals surface area contributed by atoms with Gasteiger partial charge < -0.3 is 10.0 Å². The first kappa shape index (κ1) is 17.3. The summed E-state index contributed by atoms with van der Waals surface area (Å²) in [5.74, 6) is -1.45. The van der Waals surface area contributed by atoms with Crippen molar-refractivity contribution >= 4 is 27.6 Å². The number of rotatable bonds is 4. The molecule has 1 aliphatic heterocycles. The van der Waals surface area contributed by atoms with Crippen LogP contribution in [0.25, 0.3) is 0 Å². The Morgan fingerprint density at radius 3 is 2.57 bits per heavy atom. The van der Waals surface area contributed by atoms with Crippen LogP contribution >= 0.6 is 0 Å². The van der Waals surface area contributed by atoms with Crippen LogP contribution in [-0.4, -0.2) is 48.6 Å². The maximum absolute atomic E-state index is 12.7. The summed E-state index contributed by atoms with van der Waals surface area (Å²) in [6.45, 7) is 3.62. The van der Waals surface area contributed by atoms with E-state index in [9.17, 15) is 23.1 Å². The van der Waals surface area contributed by atoms with Crippen molar-refractivity contribution in [2.24, 2.45) is 0 Å². The third-order valence-corrected chi connectivity index (χ3v) is 4.72. The van der Waals surface area contributed by atoms with Crippen LogP contribution in [0, 0.1) is 6.92 Å². The molecule has 1 unspecified atom stereocenters. The van der Waals surface area contributed by atoms with Crippen molar-refractivity contribution < 1.29 is 23.1 Å².